The van der Waals surface area contributed by atoms with Crippen LogP contribution in [0.2, 0.25) is 0 Å². The van der Waals surface area contributed by atoms with E-state index in [1.807, 2.05) is 18.2 Å². The summed E-state index contributed by atoms with van der Waals surface area (Å²) in [5, 5.41) is 9.26. The van der Waals surface area contributed by atoms with Crippen LogP contribution in [0.1, 0.15) is 16.8 Å². The molecule has 0 saturated carbocycles. The van der Waals surface area contributed by atoms with E-state index < -0.39 is 0 Å². The lowest BCUT2D eigenvalue weighted by Gasteiger charge is -2.12. The maximum Gasteiger partial charge on any atom is 0.266 e. The van der Waals surface area contributed by atoms with Gasteiger partial charge in [-0.1, -0.05) is 18.1 Å². The largest absolute Gasteiger partial charge is 0.481 e. The molecule has 1 heterocycles. The molecule has 0 saturated heterocycles. The molecule has 23 heavy (non-hydrogen) atoms. The van der Waals surface area contributed by atoms with Crippen molar-refractivity contribution in [2.24, 2.45) is 0 Å². The van der Waals surface area contributed by atoms with Gasteiger partial charge in [0.25, 0.3) is 5.56 Å². The average Bonchev–Trinajstić information content (AvgIpc) is 2.53. The van der Waals surface area contributed by atoms with Gasteiger partial charge in [-0.3, -0.25) is 4.79 Å². The highest BCUT2D eigenvalue weighted by Crippen LogP contribution is 2.28. The van der Waals surface area contributed by atoms with Crippen molar-refractivity contribution < 1.29 is 4.74 Å². The number of benzene rings is 1. The van der Waals surface area contributed by atoms with Gasteiger partial charge in [-0.25, -0.2) is 0 Å². The normalized spacial score (nSPS) is 9.70. The van der Waals surface area contributed by atoms with Crippen LogP contribution < -0.4 is 10.3 Å². The highest BCUT2D eigenvalue weighted by Gasteiger charge is 2.12. The van der Waals surface area contributed by atoms with E-state index in [1.54, 1.807) is 25.1 Å². The molecule has 2 aromatic rings. The third-order valence-electron chi connectivity index (χ3n) is 3.33. The molecule has 0 radical (unpaired) electrons. The molecule has 1 aromatic heterocycles. The number of nitrogens with one attached hydrogen (secondary N) is 1. The lowest BCUT2D eigenvalue weighted by atomic mass is 9.97. The number of allylic oxidation sites excluding steroid dienone is 1. The fourth-order valence-electron chi connectivity index (χ4n) is 2.35. The van der Waals surface area contributed by atoms with Crippen LogP contribution in [0.25, 0.3) is 11.1 Å². The first-order chi connectivity index (χ1) is 11.1. The smallest absolute Gasteiger partial charge is 0.266 e. The fraction of sp³-hybridized carbons (Fsp3) is 0.158. The number of ether oxygens (including phenoxy) is 1. The minimum absolute atomic E-state index is 0.0949. The van der Waals surface area contributed by atoms with Crippen LogP contribution in [0.5, 0.6) is 5.75 Å². The van der Waals surface area contributed by atoms with Gasteiger partial charge in [-0.2, -0.15) is 5.26 Å². The molecule has 0 fully saturated rings. The van der Waals surface area contributed by atoms with E-state index >= 15 is 0 Å². The van der Waals surface area contributed by atoms with Crippen molar-refractivity contribution in [3.8, 4) is 35.3 Å². The molecule has 0 aliphatic heterocycles. The van der Waals surface area contributed by atoms with Crippen LogP contribution in [-0.4, -0.2) is 11.6 Å². The van der Waals surface area contributed by atoms with Crippen molar-refractivity contribution in [1.29, 1.82) is 5.26 Å². The summed E-state index contributed by atoms with van der Waals surface area (Å²) < 4.78 is 5.52. The summed E-state index contributed by atoms with van der Waals surface area (Å²) in [5.74, 6) is 3.10. The highest BCUT2D eigenvalue weighted by atomic mass is 16.5. The summed E-state index contributed by atoms with van der Waals surface area (Å²) in [4.78, 5) is 14.6. The van der Waals surface area contributed by atoms with Crippen LogP contribution in [0.15, 0.2) is 41.7 Å². The summed E-state index contributed by atoms with van der Waals surface area (Å²) in [5.41, 5.74) is 2.68. The van der Waals surface area contributed by atoms with E-state index in [9.17, 15) is 10.1 Å². The number of pyridine rings is 1. The van der Waals surface area contributed by atoms with Gasteiger partial charge in [-0.05, 0) is 42.7 Å². The Morgan fingerprint density at radius 1 is 1.43 bits per heavy atom. The first kappa shape index (κ1) is 16.1. The zero-order valence-corrected chi connectivity index (χ0v) is 12.8. The van der Waals surface area contributed by atoms with Crippen LogP contribution in [0, 0.1) is 30.6 Å². The van der Waals surface area contributed by atoms with E-state index in [0.29, 0.717) is 23.4 Å². The second kappa shape index (κ2) is 7.15. The van der Waals surface area contributed by atoms with Gasteiger partial charge in [-0.15, -0.1) is 13.0 Å². The molecule has 0 bridgehead atoms. The number of terminal acetylenes is 1. The quantitative estimate of drug-likeness (QED) is 0.682. The van der Waals surface area contributed by atoms with Gasteiger partial charge < -0.3 is 9.72 Å². The summed E-state index contributed by atoms with van der Waals surface area (Å²) in [7, 11) is 0. The number of aryl methyl sites for hydroxylation is 1. The number of nitriles is 1. The van der Waals surface area contributed by atoms with Gasteiger partial charge in [0, 0.05) is 11.3 Å². The van der Waals surface area contributed by atoms with Crippen molar-refractivity contribution in [3.05, 3.63) is 64.1 Å². The molecule has 4 heteroatoms. The number of aromatic amines is 1. The van der Waals surface area contributed by atoms with Crippen molar-refractivity contribution in [2.75, 3.05) is 6.61 Å². The Labute approximate surface area is 135 Å². The second-order valence-corrected chi connectivity index (χ2v) is 4.99. The molecule has 2 rings (SSSR count). The lowest BCUT2D eigenvalue weighted by Crippen LogP contribution is -2.12. The zero-order chi connectivity index (χ0) is 16.8. The Morgan fingerprint density at radius 3 is 2.87 bits per heavy atom. The number of nitrogens with zero attached hydrogens (tertiary/aromatic N) is 1. The first-order valence-electron chi connectivity index (χ1n) is 7.05. The number of rotatable bonds is 5. The Bertz CT molecular complexity index is 880. The third kappa shape index (κ3) is 3.51. The molecule has 0 unspecified atom stereocenters. The van der Waals surface area contributed by atoms with Crippen molar-refractivity contribution in [3.63, 3.8) is 0 Å². The van der Waals surface area contributed by atoms with Gasteiger partial charge in [0.1, 0.15) is 24.0 Å². The molecule has 1 aromatic carbocycles. The van der Waals surface area contributed by atoms with E-state index in [-0.39, 0.29) is 17.7 Å². The minimum atomic E-state index is -0.388. The number of hydrogen-bond acceptors (Lipinski definition) is 3. The molecule has 114 valence electrons. The standard InChI is InChI=1S/C19H16N2O2/c1-4-6-15-11-14(7-8-18(15)23-9-5-2)16-10-13(3)21-19(22)17(16)12-20/h2,4,7-8,10-11H,1,6,9H2,3H3,(H,21,22). The van der Waals surface area contributed by atoms with Crippen molar-refractivity contribution in [1.82, 2.24) is 4.98 Å². The minimum Gasteiger partial charge on any atom is -0.481 e. The van der Waals surface area contributed by atoms with Gasteiger partial charge in [0.15, 0.2) is 0 Å². The Balaban J connectivity index is 2.60. The summed E-state index contributed by atoms with van der Waals surface area (Å²) in [6, 6.07) is 9.25. The molecule has 0 spiro atoms. The van der Waals surface area contributed by atoms with Crippen LogP contribution in [0.3, 0.4) is 0 Å². The number of aromatic nitrogens is 1. The fourth-order valence-corrected chi connectivity index (χ4v) is 2.35. The number of hydrogen-bond donors (Lipinski definition) is 1. The SMILES string of the molecule is C#CCOc1ccc(-c2cc(C)[nH]c(=O)c2C#N)cc1CC=C. The van der Waals surface area contributed by atoms with Crippen LogP contribution in [0.4, 0.5) is 0 Å². The van der Waals surface area contributed by atoms with E-state index in [1.165, 1.54) is 0 Å². The Hall–Kier alpha value is -3.24. The van der Waals surface area contributed by atoms with Gasteiger partial charge >= 0.3 is 0 Å². The molecular weight excluding hydrogens is 288 g/mol. The van der Waals surface area contributed by atoms with Crippen molar-refractivity contribution in [2.45, 2.75) is 13.3 Å². The van der Waals surface area contributed by atoms with E-state index in [2.05, 4.69) is 17.5 Å². The van der Waals surface area contributed by atoms with E-state index in [0.717, 1.165) is 11.1 Å². The van der Waals surface area contributed by atoms with E-state index in [4.69, 9.17) is 11.2 Å². The summed E-state index contributed by atoms with van der Waals surface area (Å²) in [6.07, 6.45) is 7.58. The first-order valence-corrected chi connectivity index (χ1v) is 7.05. The highest BCUT2D eigenvalue weighted by molar-refractivity contribution is 5.71. The van der Waals surface area contributed by atoms with Crippen LogP contribution >= 0.6 is 0 Å². The van der Waals surface area contributed by atoms with Gasteiger partial charge in [0.05, 0.1) is 0 Å². The lowest BCUT2D eigenvalue weighted by molar-refractivity contribution is 0.367. The Kier molecular flexibility index (Phi) is 5.02. The third-order valence-corrected chi connectivity index (χ3v) is 3.33. The monoisotopic (exact) mass is 304 g/mol. The molecule has 1 N–H and O–H groups in total. The average molecular weight is 304 g/mol. The predicted molar refractivity (Wildman–Crippen MR) is 90.2 cm³/mol. The topological polar surface area (TPSA) is 65.9 Å². The van der Waals surface area contributed by atoms with Gasteiger partial charge in [0.2, 0.25) is 0 Å². The predicted octanol–water partition coefficient (Wildman–Crippen LogP) is 2.96. The van der Waals surface area contributed by atoms with Crippen molar-refractivity contribution >= 4 is 0 Å². The summed E-state index contributed by atoms with van der Waals surface area (Å²) in [6.45, 7) is 5.70. The zero-order valence-electron chi connectivity index (χ0n) is 12.8. The molecule has 0 atom stereocenters. The Morgan fingerprint density at radius 2 is 2.22 bits per heavy atom. The second-order valence-electron chi connectivity index (χ2n) is 4.99. The van der Waals surface area contributed by atoms with Crippen LogP contribution in [-0.2, 0) is 6.42 Å². The maximum atomic E-state index is 11.9. The molecule has 0 amide bonds. The number of H-pyrrole nitrogens is 1. The maximum absolute atomic E-state index is 11.9. The molecular formula is C19H16N2O2. The molecule has 0 aliphatic rings. The molecule has 4 nitrogen and oxygen atoms in total. The molecule has 0 aliphatic carbocycles. The summed E-state index contributed by atoms with van der Waals surface area (Å²) >= 11 is 0.